The van der Waals surface area contributed by atoms with Crippen LogP contribution < -0.4 is 38.4 Å². The number of para-hydroxylation sites is 1. The molecule has 0 saturated carbocycles. The second-order valence-corrected chi connectivity index (χ2v) is 18.2. The summed E-state index contributed by atoms with van der Waals surface area (Å²) in [6.07, 6.45) is -0.937. The highest BCUT2D eigenvalue weighted by molar-refractivity contribution is 7.80. The Balaban J connectivity index is 1.30. The Labute approximate surface area is 423 Å². The number of aryl methyl sites for hydroxylation is 1. The van der Waals surface area contributed by atoms with Crippen LogP contribution >= 0.6 is 23.2 Å². The van der Waals surface area contributed by atoms with Gasteiger partial charge in [0.2, 0.25) is 0 Å². The number of carbonyl (C=O) groups is 2. The van der Waals surface area contributed by atoms with Gasteiger partial charge in [0.1, 0.15) is 34.3 Å². The molecule has 15 heteroatoms. The fourth-order valence-corrected chi connectivity index (χ4v) is 10.2. The molecular formula is C56H46Cl2N4O8S. The lowest BCUT2D eigenvalue weighted by molar-refractivity contribution is 0.103. The molecule has 0 aliphatic carbocycles. The van der Waals surface area contributed by atoms with Crippen molar-refractivity contribution in [2.75, 3.05) is 47.7 Å². The molecule has 1 amide bonds. The van der Waals surface area contributed by atoms with E-state index in [-0.39, 0.29) is 28.5 Å². The summed E-state index contributed by atoms with van der Waals surface area (Å²) in [7, 11) is 6.85. The molecule has 8 aromatic carbocycles. The Morgan fingerprint density at radius 1 is 0.606 bits per heavy atom. The van der Waals surface area contributed by atoms with Gasteiger partial charge in [0.15, 0.2) is 5.78 Å². The fraction of sp³-hybridized carbons (Fsp3) is 0.107. The number of benzene rings is 8. The number of ether oxygens (including phenoxy) is 4. The van der Waals surface area contributed by atoms with E-state index in [0.29, 0.717) is 61.0 Å². The maximum Gasteiger partial charge on any atom is 0.417 e. The molecule has 1 heterocycles. The van der Waals surface area contributed by atoms with E-state index in [9.17, 15) is 18.4 Å². The zero-order chi connectivity index (χ0) is 50.0. The van der Waals surface area contributed by atoms with Gasteiger partial charge in [-0.3, -0.25) is 14.7 Å². The Morgan fingerprint density at radius 2 is 1.18 bits per heavy atom. The minimum Gasteiger partial charge on any atom is -0.497 e. The lowest BCUT2D eigenvalue weighted by Gasteiger charge is -2.48. The number of ketones is 1. The first-order valence-corrected chi connectivity index (χ1v) is 24.0. The molecule has 9 rings (SSSR count). The van der Waals surface area contributed by atoms with Crippen molar-refractivity contribution in [1.82, 2.24) is 0 Å². The first-order valence-electron chi connectivity index (χ1n) is 22.2. The van der Waals surface area contributed by atoms with Crippen molar-refractivity contribution in [3.05, 3.63) is 219 Å². The second kappa shape index (κ2) is 20.3. The summed E-state index contributed by atoms with van der Waals surface area (Å²) in [5.41, 5.74) is 4.16. The summed E-state index contributed by atoms with van der Waals surface area (Å²) >= 11 is 10.3. The zero-order valence-corrected chi connectivity index (χ0v) is 41.4. The van der Waals surface area contributed by atoms with E-state index in [2.05, 4.69) is 5.32 Å². The largest absolute Gasteiger partial charge is 0.497 e. The number of anilines is 6. The summed E-state index contributed by atoms with van der Waals surface area (Å²) < 4.78 is 51.8. The predicted octanol–water partition coefficient (Wildman–Crippen LogP) is 13.7. The van der Waals surface area contributed by atoms with Crippen LogP contribution in [0.25, 0.3) is 0 Å². The van der Waals surface area contributed by atoms with Gasteiger partial charge in [0, 0.05) is 70.6 Å². The second-order valence-electron chi connectivity index (χ2n) is 16.5. The molecule has 0 radical (unpaired) electrons. The van der Waals surface area contributed by atoms with Crippen LogP contribution in [0.15, 0.2) is 176 Å². The molecule has 0 fully saturated rings. The quantitative estimate of drug-likeness (QED) is 0.0802. The third-order valence-corrected chi connectivity index (χ3v) is 13.8. The molecule has 2 unspecified atom stereocenters. The summed E-state index contributed by atoms with van der Waals surface area (Å²) in [5.74, 6) is 1.64. The van der Waals surface area contributed by atoms with Crippen molar-refractivity contribution in [3.63, 3.8) is 0 Å². The molecule has 358 valence electrons. The third kappa shape index (κ3) is 9.35. The fourth-order valence-electron chi connectivity index (χ4n) is 8.90. The molecule has 2 atom stereocenters. The normalized spacial score (nSPS) is 13.9. The van der Waals surface area contributed by atoms with Gasteiger partial charge in [0.25, 0.3) is 11.3 Å². The van der Waals surface area contributed by atoms with E-state index in [4.69, 9.17) is 42.1 Å². The monoisotopic (exact) mass is 1000 g/mol. The van der Waals surface area contributed by atoms with E-state index in [1.807, 2.05) is 134 Å². The van der Waals surface area contributed by atoms with Crippen LogP contribution in [0.2, 0.25) is 10.0 Å². The Kier molecular flexibility index (Phi) is 13.8. The number of nitrogens with one attached hydrogen (secondary N) is 1. The van der Waals surface area contributed by atoms with Gasteiger partial charge in [0.05, 0.1) is 36.3 Å². The van der Waals surface area contributed by atoms with Gasteiger partial charge >= 0.3 is 6.09 Å². The highest BCUT2D eigenvalue weighted by Gasteiger charge is 2.53. The zero-order valence-electron chi connectivity index (χ0n) is 39.1. The minimum absolute atomic E-state index is 0.0137. The number of amides is 1. The van der Waals surface area contributed by atoms with Crippen LogP contribution in [0.4, 0.5) is 38.9 Å². The number of hydrogen-bond acceptors (Lipinski definition) is 9. The standard InChI is InChI=1S/C56H46Cl2N4O8S/c1-35-11-6-7-14-45(35)56(62(71(65)66)51-30-19-37(54(63)36-17-22-42(67-4)23-18-36)31-49(51)59-55(64)69-44-26-24-43(68-5)25-27-44)46-28-20-40(60(2)39-13-10-12-38(57)32-39)33-52(46)70-53-34-41(21-29-47(53)56)61(3)50-16-9-8-15-48(50)58/h6-34H,1-5H3,(H,59,64)(H,65,66). The number of halogens is 2. The number of rotatable bonds is 14. The highest BCUT2D eigenvalue weighted by Crippen LogP contribution is 2.58. The van der Waals surface area contributed by atoms with Crippen molar-refractivity contribution in [1.29, 1.82) is 0 Å². The van der Waals surface area contributed by atoms with Gasteiger partial charge in [-0.15, -0.1) is 0 Å². The van der Waals surface area contributed by atoms with Crippen molar-refractivity contribution < 1.29 is 37.3 Å². The summed E-state index contributed by atoms with van der Waals surface area (Å²) in [6.45, 7) is 1.92. The van der Waals surface area contributed by atoms with E-state index < -0.39 is 22.9 Å². The van der Waals surface area contributed by atoms with Crippen LogP contribution in [0, 0.1) is 6.92 Å². The Bertz CT molecular complexity index is 3340. The molecular weight excluding hydrogens is 960 g/mol. The molecule has 2 N–H and O–H groups in total. The van der Waals surface area contributed by atoms with E-state index >= 15 is 0 Å². The van der Waals surface area contributed by atoms with Gasteiger partial charge in [-0.1, -0.05) is 77.8 Å². The first-order chi connectivity index (χ1) is 34.3. The van der Waals surface area contributed by atoms with Crippen molar-refractivity contribution >= 4 is 80.5 Å². The molecule has 0 bridgehead atoms. The summed E-state index contributed by atoms with van der Waals surface area (Å²) in [6, 6.07) is 51.3. The van der Waals surface area contributed by atoms with Crippen molar-refractivity contribution in [2.24, 2.45) is 0 Å². The molecule has 0 spiro atoms. The highest BCUT2D eigenvalue weighted by atomic mass is 35.5. The van der Waals surface area contributed by atoms with E-state index in [1.54, 1.807) is 66.7 Å². The van der Waals surface area contributed by atoms with Crippen molar-refractivity contribution in [3.8, 4) is 28.7 Å². The van der Waals surface area contributed by atoms with Crippen molar-refractivity contribution in [2.45, 2.75) is 12.5 Å². The molecule has 0 aromatic heterocycles. The maximum atomic E-state index is 14.9. The molecule has 71 heavy (non-hydrogen) atoms. The topological polar surface area (TPSA) is 130 Å². The first kappa shape index (κ1) is 48.2. The average Bonchev–Trinajstić information content (AvgIpc) is 3.38. The minimum atomic E-state index is -2.91. The van der Waals surface area contributed by atoms with Crippen LogP contribution in [0.1, 0.15) is 38.2 Å². The summed E-state index contributed by atoms with van der Waals surface area (Å²) in [5, 5.41) is 3.92. The number of fused-ring (bicyclic) bond motifs is 2. The lowest BCUT2D eigenvalue weighted by Crippen LogP contribution is -2.51. The molecule has 8 aromatic rings. The molecule has 1 aliphatic heterocycles. The van der Waals surface area contributed by atoms with Gasteiger partial charge in [-0.25, -0.2) is 13.3 Å². The van der Waals surface area contributed by atoms with Gasteiger partial charge in [-0.2, -0.15) is 0 Å². The molecule has 0 saturated heterocycles. The van der Waals surface area contributed by atoms with Crippen LogP contribution in [0.3, 0.4) is 0 Å². The van der Waals surface area contributed by atoms with Crippen LogP contribution in [-0.4, -0.2) is 49.0 Å². The van der Waals surface area contributed by atoms with E-state index in [1.165, 1.54) is 24.6 Å². The summed E-state index contributed by atoms with van der Waals surface area (Å²) in [4.78, 5) is 32.2. The lowest BCUT2D eigenvalue weighted by atomic mass is 9.73. The smallest absolute Gasteiger partial charge is 0.417 e. The van der Waals surface area contributed by atoms with Crippen LogP contribution in [0.5, 0.6) is 28.7 Å². The number of hydrogen-bond donors (Lipinski definition) is 2. The number of methoxy groups -OCH3 is 2. The SMILES string of the molecule is COc1ccc(OC(=O)Nc2cc(C(=O)c3ccc(OC)cc3)ccc2N(S(=O)O)C2(c3ccccc3C)c3ccc(N(C)c4cccc(Cl)c4)cc3Oc3cc(N(C)c4ccccc4Cl)ccc32)cc1. The molecule has 1 aliphatic rings. The van der Waals surface area contributed by atoms with Gasteiger partial charge in [-0.05, 0) is 127 Å². The Hall–Kier alpha value is -7.81. The average molecular weight is 1010 g/mol. The van der Waals surface area contributed by atoms with Gasteiger partial charge < -0.3 is 28.7 Å². The molecule has 12 nitrogen and oxygen atoms in total. The third-order valence-electron chi connectivity index (χ3n) is 12.4. The predicted molar refractivity (Wildman–Crippen MR) is 282 cm³/mol. The number of carbonyl (C=O) groups excluding carboxylic acids is 2. The number of nitrogens with zero attached hydrogens (tertiary/aromatic N) is 3. The maximum absolute atomic E-state index is 14.9. The van der Waals surface area contributed by atoms with Crippen LogP contribution in [-0.2, 0) is 16.8 Å². The Morgan fingerprint density at radius 3 is 1.80 bits per heavy atom. The van der Waals surface area contributed by atoms with E-state index in [0.717, 1.165) is 22.6 Å².